The van der Waals surface area contributed by atoms with E-state index in [4.69, 9.17) is 15.0 Å². The quantitative estimate of drug-likeness (QED) is 0.175. The Balaban J connectivity index is 1.12. The second-order valence-electron chi connectivity index (χ2n) is 17.6. The Bertz CT molecular complexity index is 3260. The molecule has 284 valence electrons. The Labute approximate surface area is 344 Å². The Morgan fingerprint density at radius 3 is 1.68 bits per heavy atom. The van der Waals surface area contributed by atoms with Gasteiger partial charge in [-0.25, -0.2) is 15.0 Å². The van der Waals surface area contributed by atoms with Crippen LogP contribution in [0.2, 0.25) is 0 Å². The molecule has 0 N–H and O–H groups in total. The van der Waals surface area contributed by atoms with Gasteiger partial charge in [-0.15, -0.1) is 0 Å². The highest BCUT2D eigenvalue weighted by Gasteiger charge is 2.38. The van der Waals surface area contributed by atoms with E-state index in [1.54, 1.807) is 0 Å². The van der Waals surface area contributed by atoms with Gasteiger partial charge in [-0.3, -0.25) is 0 Å². The summed E-state index contributed by atoms with van der Waals surface area (Å²) in [6.45, 7) is 9.66. The lowest BCUT2D eigenvalue weighted by Crippen LogP contribution is -2.33. The average Bonchev–Trinajstić information content (AvgIpc) is 3.62. The summed E-state index contributed by atoms with van der Waals surface area (Å²) in [7, 11) is 0. The van der Waals surface area contributed by atoms with Gasteiger partial charge in [0.2, 0.25) is 0 Å². The summed E-state index contributed by atoms with van der Waals surface area (Å²) >= 11 is 0. The van der Waals surface area contributed by atoms with Gasteiger partial charge in [0.15, 0.2) is 17.5 Å². The number of aromatic nitrogens is 4. The first-order valence-corrected chi connectivity index (χ1v) is 20.7. The van der Waals surface area contributed by atoms with Crippen molar-refractivity contribution in [1.82, 2.24) is 19.5 Å². The van der Waals surface area contributed by atoms with Crippen LogP contribution in [0.5, 0.6) is 0 Å². The highest BCUT2D eigenvalue weighted by atomic mass is 15.0. The van der Waals surface area contributed by atoms with E-state index in [1.165, 1.54) is 61.1 Å². The molecule has 10 aromatic rings. The summed E-state index contributed by atoms with van der Waals surface area (Å²) < 4.78 is 2.47. The molecule has 0 bridgehead atoms. The third kappa shape index (κ3) is 5.93. The zero-order valence-corrected chi connectivity index (χ0v) is 33.9. The van der Waals surface area contributed by atoms with Gasteiger partial charge in [0, 0.05) is 33.2 Å². The van der Waals surface area contributed by atoms with Gasteiger partial charge in [0.05, 0.1) is 11.0 Å². The average molecular weight is 761 g/mol. The van der Waals surface area contributed by atoms with Crippen LogP contribution in [0.15, 0.2) is 170 Å². The first kappa shape index (κ1) is 35.3. The van der Waals surface area contributed by atoms with Crippen molar-refractivity contribution in [1.29, 1.82) is 0 Å². The van der Waals surface area contributed by atoms with Crippen molar-refractivity contribution in [3.05, 3.63) is 181 Å². The van der Waals surface area contributed by atoms with Crippen molar-refractivity contribution in [2.45, 2.75) is 51.4 Å². The smallest absolute Gasteiger partial charge is 0.164 e. The maximum atomic E-state index is 5.22. The summed E-state index contributed by atoms with van der Waals surface area (Å²) in [5.74, 6) is 1.93. The van der Waals surface area contributed by atoms with Crippen LogP contribution in [-0.2, 0) is 10.8 Å². The van der Waals surface area contributed by atoms with Crippen LogP contribution in [0.3, 0.4) is 0 Å². The number of hydrogen-bond acceptors (Lipinski definition) is 3. The van der Waals surface area contributed by atoms with E-state index in [2.05, 4.69) is 196 Å². The van der Waals surface area contributed by atoms with Crippen LogP contribution in [0, 0.1) is 0 Å². The topological polar surface area (TPSA) is 43.6 Å². The maximum Gasteiger partial charge on any atom is 0.164 e. The normalized spacial score (nSPS) is 14.6. The molecule has 0 spiro atoms. The number of fused-ring (bicyclic) bond motifs is 7. The van der Waals surface area contributed by atoms with Crippen molar-refractivity contribution in [3.63, 3.8) is 0 Å². The maximum absolute atomic E-state index is 5.22. The number of benzene rings is 8. The summed E-state index contributed by atoms with van der Waals surface area (Å²) in [5, 5.41) is 7.45. The Hall–Kier alpha value is -6.91. The van der Waals surface area contributed by atoms with Gasteiger partial charge in [0.1, 0.15) is 0 Å². The molecule has 59 heavy (non-hydrogen) atoms. The van der Waals surface area contributed by atoms with E-state index >= 15 is 0 Å². The molecule has 0 saturated carbocycles. The van der Waals surface area contributed by atoms with Crippen LogP contribution in [0.1, 0.15) is 51.7 Å². The zero-order chi connectivity index (χ0) is 39.9. The van der Waals surface area contributed by atoms with E-state index in [0.717, 1.165) is 39.7 Å². The standard InChI is InChI=1S/C55H44N4/c1-54(2)29-30-55(3,4)47-34-49-45(33-46(47)54)50-44-20-11-10-16-38(44)27-28-48(50)59(49)43-19-12-18-41(32-43)52-56-51(39-24-21-37(22-25-39)35-13-6-5-7-14-35)57-53(58-52)42-26-23-36-15-8-9-17-40(36)31-42/h5-28,31-34H,29-30H2,1-4H3. The third-order valence-electron chi connectivity index (χ3n) is 12.9. The first-order valence-electron chi connectivity index (χ1n) is 20.7. The number of rotatable bonds is 5. The van der Waals surface area contributed by atoms with Crippen molar-refractivity contribution < 1.29 is 0 Å². The first-order chi connectivity index (χ1) is 28.7. The molecule has 4 heteroatoms. The summed E-state index contributed by atoms with van der Waals surface area (Å²) in [6.07, 6.45) is 2.33. The van der Waals surface area contributed by atoms with Gasteiger partial charge < -0.3 is 4.57 Å². The lowest BCUT2D eigenvalue weighted by Gasteiger charge is -2.42. The summed E-state index contributed by atoms with van der Waals surface area (Å²) in [5.41, 5.74) is 11.7. The van der Waals surface area contributed by atoms with E-state index in [0.29, 0.717) is 17.5 Å². The number of nitrogens with zero attached hydrogens (tertiary/aromatic N) is 4. The molecule has 1 aliphatic carbocycles. The molecule has 0 aliphatic heterocycles. The Morgan fingerprint density at radius 2 is 0.932 bits per heavy atom. The van der Waals surface area contributed by atoms with Crippen LogP contribution < -0.4 is 0 Å². The van der Waals surface area contributed by atoms with Crippen molar-refractivity contribution >= 4 is 43.4 Å². The SMILES string of the molecule is CC1(C)CCC(C)(C)c2cc3c(cc21)c1c2ccccc2ccc1n3-c1cccc(-c2nc(-c3ccc(-c4ccccc4)cc3)nc(-c3ccc4ccccc4c3)n2)c1. The molecule has 4 nitrogen and oxygen atoms in total. The largest absolute Gasteiger partial charge is 0.309 e. The lowest BCUT2D eigenvalue weighted by molar-refractivity contribution is 0.332. The van der Waals surface area contributed by atoms with Crippen molar-refractivity contribution in [2.75, 3.05) is 0 Å². The molecule has 8 aromatic carbocycles. The molecule has 2 aromatic heterocycles. The highest BCUT2D eigenvalue weighted by Crippen LogP contribution is 2.49. The summed E-state index contributed by atoms with van der Waals surface area (Å²) in [4.78, 5) is 15.6. The predicted octanol–water partition coefficient (Wildman–Crippen LogP) is 14.3. The van der Waals surface area contributed by atoms with Crippen LogP contribution >= 0.6 is 0 Å². The Morgan fingerprint density at radius 1 is 0.390 bits per heavy atom. The zero-order valence-electron chi connectivity index (χ0n) is 33.9. The molecule has 11 rings (SSSR count). The molecule has 0 atom stereocenters. The molecular weight excluding hydrogens is 717 g/mol. The molecule has 0 unspecified atom stereocenters. The minimum atomic E-state index is 0.0734. The van der Waals surface area contributed by atoms with Gasteiger partial charge >= 0.3 is 0 Å². The fourth-order valence-corrected chi connectivity index (χ4v) is 9.44. The van der Waals surface area contributed by atoms with E-state index < -0.39 is 0 Å². The third-order valence-corrected chi connectivity index (χ3v) is 12.9. The Kier molecular flexibility index (Phi) is 7.96. The minimum absolute atomic E-state index is 0.0734. The summed E-state index contributed by atoms with van der Waals surface area (Å²) in [6, 6.07) is 61.0. The molecule has 1 aliphatic rings. The van der Waals surface area contributed by atoms with Crippen LogP contribution in [-0.4, -0.2) is 19.5 Å². The highest BCUT2D eigenvalue weighted by molar-refractivity contribution is 6.21. The number of hydrogen-bond donors (Lipinski definition) is 0. The minimum Gasteiger partial charge on any atom is -0.309 e. The van der Waals surface area contributed by atoms with Gasteiger partial charge in [0.25, 0.3) is 0 Å². The van der Waals surface area contributed by atoms with Crippen LogP contribution in [0.4, 0.5) is 0 Å². The van der Waals surface area contributed by atoms with Crippen molar-refractivity contribution in [2.24, 2.45) is 0 Å². The molecule has 0 amide bonds. The van der Waals surface area contributed by atoms with Gasteiger partial charge in [-0.2, -0.15) is 0 Å². The molecule has 0 fully saturated rings. The fraction of sp³-hybridized carbons (Fsp3) is 0.145. The van der Waals surface area contributed by atoms with E-state index in [-0.39, 0.29) is 10.8 Å². The van der Waals surface area contributed by atoms with Crippen molar-refractivity contribution in [3.8, 4) is 51.0 Å². The molecule has 0 saturated heterocycles. The van der Waals surface area contributed by atoms with Crippen LogP contribution in [0.25, 0.3) is 94.3 Å². The second-order valence-corrected chi connectivity index (χ2v) is 17.6. The monoisotopic (exact) mass is 760 g/mol. The molecule has 2 heterocycles. The van der Waals surface area contributed by atoms with Gasteiger partial charge in [-0.05, 0) is 104 Å². The van der Waals surface area contributed by atoms with E-state index in [9.17, 15) is 0 Å². The molecular formula is C55H44N4. The van der Waals surface area contributed by atoms with E-state index in [1.807, 2.05) is 6.07 Å². The fourth-order valence-electron chi connectivity index (χ4n) is 9.44. The predicted molar refractivity (Wildman–Crippen MR) is 246 cm³/mol. The lowest BCUT2D eigenvalue weighted by atomic mass is 9.63. The second kappa shape index (κ2) is 13.3. The van der Waals surface area contributed by atoms with Gasteiger partial charge in [-0.1, -0.05) is 161 Å². The molecule has 0 radical (unpaired) electrons.